The zero-order chi connectivity index (χ0) is 22.7. The largest absolute Gasteiger partial charge is 0.447 e. The van der Waals surface area contributed by atoms with Crippen molar-refractivity contribution in [1.29, 1.82) is 21.2 Å². The first-order valence-corrected chi connectivity index (χ1v) is 10.0. The lowest BCUT2D eigenvalue weighted by molar-refractivity contribution is -0.299. The van der Waals surface area contributed by atoms with Crippen molar-refractivity contribution in [2.45, 2.75) is 50.7 Å². The number of nitrogens with zero attached hydrogens (tertiary/aromatic N) is 3. The van der Waals surface area contributed by atoms with Crippen LogP contribution in [0.3, 0.4) is 0 Å². The van der Waals surface area contributed by atoms with Crippen LogP contribution >= 0.6 is 0 Å². The van der Waals surface area contributed by atoms with Gasteiger partial charge in [-0.25, -0.2) is 0 Å². The Bertz CT molecular complexity index is 1030. The van der Waals surface area contributed by atoms with E-state index in [1.807, 2.05) is 19.1 Å². The fourth-order valence-electron chi connectivity index (χ4n) is 5.44. The Kier molecular flexibility index (Phi) is 4.57. The van der Waals surface area contributed by atoms with Crippen LogP contribution < -0.4 is 0 Å². The van der Waals surface area contributed by atoms with Crippen molar-refractivity contribution >= 4 is 5.90 Å². The predicted molar refractivity (Wildman–Crippen MR) is 99.6 cm³/mol. The van der Waals surface area contributed by atoms with E-state index >= 15 is 0 Å². The molecular formula is C22H19F3N4O2. The number of nitrogens with one attached hydrogen (secondary N) is 1. The van der Waals surface area contributed by atoms with Gasteiger partial charge in [-0.15, -0.1) is 0 Å². The standard InChI is InChI=1S/C22H19F3N4O2/c1-2-13-7-8-21-16(9-13)20(12-28,18(29)31-21)19(10-26,11-27)17(30-21)14-3-5-15(6-4-14)22(23,24)25/h3-6,13,16-17,29H,2,7-9H2,1H3. The zero-order valence-electron chi connectivity index (χ0n) is 16.7. The molecule has 9 heteroatoms. The Morgan fingerprint density at radius 1 is 1.13 bits per heavy atom. The number of hydrogen-bond donors (Lipinski definition) is 1. The molecule has 3 aliphatic rings. The van der Waals surface area contributed by atoms with Crippen molar-refractivity contribution in [3.05, 3.63) is 35.4 Å². The summed E-state index contributed by atoms with van der Waals surface area (Å²) < 4.78 is 51.1. The molecule has 0 aromatic heterocycles. The molecule has 31 heavy (non-hydrogen) atoms. The topological polar surface area (TPSA) is 114 Å². The van der Waals surface area contributed by atoms with Crippen molar-refractivity contribution in [3.8, 4) is 18.2 Å². The summed E-state index contributed by atoms with van der Waals surface area (Å²) in [6.07, 6.45) is -3.53. The molecule has 2 aliphatic heterocycles. The summed E-state index contributed by atoms with van der Waals surface area (Å²) in [6, 6.07) is 9.92. The summed E-state index contributed by atoms with van der Waals surface area (Å²) in [5, 5.41) is 39.1. The third-order valence-corrected chi connectivity index (χ3v) is 7.14. The minimum Gasteiger partial charge on any atom is -0.447 e. The smallest absolute Gasteiger partial charge is 0.416 e. The summed E-state index contributed by atoms with van der Waals surface area (Å²) in [5.41, 5.74) is -4.76. The molecule has 3 fully saturated rings. The molecule has 1 saturated carbocycles. The highest BCUT2D eigenvalue weighted by molar-refractivity contribution is 5.89. The number of benzene rings is 1. The molecule has 6 nitrogen and oxygen atoms in total. The molecule has 0 spiro atoms. The van der Waals surface area contributed by atoms with E-state index in [0.29, 0.717) is 19.3 Å². The molecule has 0 radical (unpaired) electrons. The van der Waals surface area contributed by atoms with Crippen LogP contribution in [0.4, 0.5) is 13.2 Å². The van der Waals surface area contributed by atoms with Crippen molar-refractivity contribution in [1.82, 2.24) is 0 Å². The molecule has 1 aromatic carbocycles. The third kappa shape index (κ3) is 2.55. The van der Waals surface area contributed by atoms with Gasteiger partial charge >= 0.3 is 6.18 Å². The fourth-order valence-corrected chi connectivity index (χ4v) is 5.44. The van der Waals surface area contributed by atoms with Gasteiger partial charge in [0.2, 0.25) is 17.1 Å². The summed E-state index contributed by atoms with van der Waals surface area (Å²) >= 11 is 0. The quantitative estimate of drug-likeness (QED) is 0.723. The van der Waals surface area contributed by atoms with E-state index in [4.69, 9.17) is 14.9 Å². The van der Waals surface area contributed by atoms with Gasteiger partial charge in [0, 0.05) is 6.42 Å². The van der Waals surface area contributed by atoms with Gasteiger partial charge in [-0.05, 0) is 36.5 Å². The molecule has 1 aliphatic carbocycles. The van der Waals surface area contributed by atoms with Gasteiger partial charge in [-0.3, -0.25) is 5.41 Å². The second-order valence-corrected chi connectivity index (χ2v) is 8.41. The van der Waals surface area contributed by atoms with Crippen LogP contribution in [0, 0.1) is 62.1 Å². The maximum Gasteiger partial charge on any atom is 0.416 e. The van der Waals surface area contributed by atoms with Crippen LogP contribution in [0.25, 0.3) is 0 Å². The van der Waals surface area contributed by atoms with Gasteiger partial charge in [0.25, 0.3) is 0 Å². The normalized spacial score (nSPS) is 35.8. The van der Waals surface area contributed by atoms with E-state index in [9.17, 15) is 29.0 Å². The second-order valence-electron chi connectivity index (χ2n) is 8.41. The van der Waals surface area contributed by atoms with E-state index in [-0.39, 0.29) is 11.5 Å². The molecule has 2 bridgehead atoms. The minimum absolute atomic E-state index is 0.157. The lowest BCUT2D eigenvalue weighted by Gasteiger charge is -2.52. The van der Waals surface area contributed by atoms with Crippen LogP contribution in [-0.2, 0) is 15.7 Å². The zero-order valence-corrected chi connectivity index (χ0v) is 16.7. The van der Waals surface area contributed by atoms with Crippen molar-refractivity contribution in [2.24, 2.45) is 22.7 Å². The molecule has 0 amide bonds. The molecule has 2 saturated heterocycles. The highest BCUT2D eigenvalue weighted by Crippen LogP contribution is 2.70. The first-order valence-electron chi connectivity index (χ1n) is 10.0. The third-order valence-electron chi connectivity index (χ3n) is 7.14. The van der Waals surface area contributed by atoms with Crippen LogP contribution in [0.15, 0.2) is 24.3 Å². The number of halogens is 3. The van der Waals surface area contributed by atoms with Crippen molar-refractivity contribution in [3.63, 3.8) is 0 Å². The molecule has 4 rings (SSSR count). The predicted octanol–water partition coefficient (Wildman–Crippen LogP) is 4.85. The van der Waals surface area contributed by atoms with Crippen molar-refractivity contribution < 1.29 is 22.6 Å². The van der Waals surface area contributed by atoms with Crippen molar-refractivity contribution in [2.75, 3.05) is 0 Å². The molecule has 5 atom stereocenters. The average Bonchev–Trinajstić information content (AvgIpc) is 2.96. The van der Waals surface area contributed by atoms with Gasteiger partial charge in [0.1, 0.15) is 6.10 Å². The van der Waals surface area contributed by atoms with Gasteiger partial charge in [-0.2, -0.15) is 29.0 Å². The van der Waals surface area contributed by atoms with Crippen LogP contribution in [-0.4, -0.2) is 11.7 Å². The molecule has 2 heterocycles. The maximum absolute atomic E-state index is 13.0. The highest BCUT2D eigenvalue weighted by atomic mass is 19.4. The number of alkyl halides is 3. The highest BCUT2D eigenvalue weighted by Gasteiger charge is 2.80. The SMILES string of the molecule is CCC1CCC23OC(=N)C(C#N)(C2C1)C(C#N)(C#N)C(c1ccc(C(F)(F)F)cc1)O3. The monoisotopic (exact) mass is 428 g/mol. The molecule has 1 N–H and O–H groups in total. The Morgan fingerprint density at radius 2 is 1.77 bits per heavy atom. The summed E-state index contributed by atoms with van der Waals surface area (Å²) in [7, 11) is 0. The average molecular weight is 428 g/mol. The molecular weight excluding hydrogens is 409 g/mol. The Labute approximate surface area is 177 Å². The first kappa shape index (κ1) is 21.2. The van der Waals surface area contributed by atoms with E-state index in [1.54, 1.807) is 0 Å². The number of ether oxygens (including phenoxy) is 2. The van der Waals surface area contributed by atoms with Gasteiger partial charge < -0.3 is 9.47 Å². The van der Waals surface area contributed by atoms with Gasteiger partial charge in [-0.1, -0.05) is 25.5 Å². The van der Waals surface area contributed by atoms with E-state index in [1.165, 1.54) is 0 Å². The lowest BCUT2D eigenvalue weighted by Crippen LogP contribution is -2.61. The fraction of sp³-hybridized carbons (Fsp3) is 0.545. The Morgan fingerprint density at radius 3 is 2.29 bits per heavy atom. The van der Waals surface area contributed by atoms with E-state index in [0.717, 1.165) is 30.7 Å². The Balaban J connectivity index is 1.90. The van der Waals surface area contributed by atoms with Gasteiger partial charge in [0.15, 0.2) is 5.41 Å². The van der Waals surface area contributed by atoms with Crippen LogP contribution in [0.5, 0.6) is 0 Å². The Hall–Kier alpha value is -3.09. The summed E-state index contributed by atoms with van der Waals surface area (Å²) in [5.74, 6) is -2.31. The van der Waals surface area contributed by atoms with Gasteiger partial charge in [0.05, 0.1) is 29.7 Å². The maximum atomic E-state index is 13.0. The first-order chi connectivity index (χ1) is 14.6. The van der Waals surface area contributed by atoms with E-state index < -0.39 is 46.3 Å². The number of rotatable bonds is 2. The molecule has 5 unspecified atom stereocenters. The minimum atomic E-state index is -4.55. The van der Waals surface area contributed by atoms with Crippen LogP contribution in [0.2, 0.25) is 0 Å². The summed E-state index contributed by atoms with van der Waals surface area (Å²) in [6.45, 7) is 2.01. The van der Waals surface area contributed by atoms with Crippen LogP contribution in [0.1, 0.15) is 49.8 Å². The van der Waals surface area contributed by atoms with E-state index in [2.05, 4.69) is 6.07 Å². The summed E-state index contributed by atoms with van der Waals surface area (Å²) in [4.78, 5) is 0. The number of hydrogen-bond acceptors (Lipinski definition) is 6. The number of nitriles is 3. The molecule has 160 valence electrons. The second kappa shape index (κ2) is 6.70. The molecule has 1 aromatic rings. The lowest BCUT2D eigenvalue weighted by atomic mass is 9.50.